The van der Waals surface area contributed by atoms with Crippen molar-refractivity contribution in [2.45, 2.75) is 36.2 Å². The number of amides is 1. The lowest BCUT2D eigenvalue weighted by Crippen LogP contribution is -2.42. The molecule has 0 unspecified atom stereocenters. The number of rotatable bonds is 3. The Morgan fingerprint density at radius 1 is 1.10 bits per heavy atom. The molecule has 148 valence electrons. The largest absolute Gasteiger partial charge is 0.328 e. The van der Waals surface area contributed by atoms with Crippen LogP contribution >= 0.6 is 0 Å². The van der Waals surface area contributed by atoms with Crippen LogP contribution < -0.4 is 0 Å². The molecular weight excluding hydrogens is 388 g/mol. The molecule has 2 aliphatic rings. The minimum atomic E-state index is -3.24. The lowest BCUT2D eigenvalue weighted by atomic mass is 9.99. The molecule has 2 aliphatic heterocycles. The number of carbonyl (C=O) groups excluding carboxylic acids is 1. The van der Waals surface area contributed by atoms with Gasteiger partial charge in [-0.3, -0.25) is 9.78 Å². The monoisotopic (exact) mass is 408 g/mol. The van der Waals surface area contributed by atoms with Gasteiger partial charge in [0, 0.05) is 36.7 Å². The summed E-state index contributed by atoms with van der Waals surface area (Å²) in [6.45, 7) is 0. The summed E-state index contributed by atoms with van der Waals surface area (Å²) in [5.74, 6) is 0.0153. The number of hydrogen-bond donors (Lipinski definition) is 0. The predicted octanol–water partition coefficient (Wildman–Crippen LogP) is 2.57. The Bertz CT molecular complexity index is 1190. The van der Waals surface area contributed by atoms with Crippen LogP contribution in [-0.2, 0) is 16.3 Å². The highest BCUT2D eigenvalue weighted by Gasteiger charge is 2.44. The topological polar surface area (TPSA) is 85.2 Å². The van der Waals surface area contributed by atoms with Gasteiger partial charge in [-0.2, -0.15) is 5.10 Å². The summed E-state index contributed by atoms with van der Waals surface area (Å²) in [4.78, 5) is 19.4. The first-order valence-corrected chi connectivity index (χ1v) is 11.4. The summed E-state index contributed by atoms with van der Waals surface area (Å²) in [7, 11) is -3.24. The normalized spacial score (nSPS) is 20.5. The molecule has 2 atom stereocenters. The smallest absolute Gasteiger partial charge is 0.256 e. The van der Waals surface area contributed by atoms with Crippen molar-refractivity contribution in [3.63, 3.8) is 0 Å². The molecular formula is C21H20N4O3S. The van der Waals surface area contributed by atoms with Crippen molar-refractivity contribution in [3.8, 4) is 5.69 Å². The Morgan fingerprint density at radius 2 is 1.90 bits per heavy atom. The van der Waals surface area contributed by atoms with Crippen LogP contribution in [-0.4, -0.2) is 46.3 Å². The number of fused-ring (bicyclic) bond motifs is 4. The standard InChI is InChI=1S/C21H20N4O3S/c1-29(27,28)17-7-4-15(5-8-17)25-20-11-16-6-9-19(18(20)13-23-25)24(16)21(26)14-3-2-10-22-12-14/h2-5,7-8,10,12-13,16,19H,6,9,11H2,1H3/t16-,19-/m0/s1. The third kappa shape index (κ3) is 2.95. The molecule has 0 aliphatic carbocycles. The number of pyridine rings is 1. The van der Waals surface area contributed by atoms with Crippen molar-refractivity contribution >= 4 is 15.7 Å². The quantitative estimate of drug-likeness (QED) is 0.665. The third-order valence-corrected chi connectivity index (χ3v) is 6.97. The summed E-state index contributed by atoms with van der Waals surface area (Å²) in [6, 6.07) is 10.5. The molecule has 5 rings (SSSR count). The first kappa shape index (κ1) is 18.1. The van der Waals surface area contributed by atoms with Gasteiger partial charge in [0.1, 0.15) is 0 Å². The maximum atomic E-state index is 13.1. The Kier molecular flexibility index (Phi) is 4.06. The van der Waals surface area contributed by atoms with E-state index in [4.69, 9.17) is 0 Å². The SMILES string of the molecule is CS(=O)(=O)c1ccc(-n2ncc3c2C[C@@H]2CC[C@@H]3N2C(=O)c2cccnc2)cc1. The molecule has 1 aromatic carbocycles. The minimum absolute atomic E-state index is 0.0144. The minimum Gasteiger partial charge on any atom is -0.328 e. The van der Waals surface area contributed by atoms with Crippen LogP contribution in [0, 0.1) is 0 Å². The molecule has 8 heteroatoms. The number of nitrogens with zero attached hydrogens (tertiary/aromatic N) is 4. The Labute approximate surface area is 168 Å². The van der Waals surface area contributed by atoms with Gasteiger partial charge in [-0.25, -0.2) is 13.1 Å². The number of carbonyl (C=O) groups is 1. The van der Waals surface area contributed by atoms with Crippen molar-refractivity contribution in [3.05, 3.63) is 71.8 Å². The third-order valence-electron chi connectivity index (χ3n) is 5.84. The number of hydrogen-bond acceptors (Lipinski definition) is 5. The lowest BCUT2D eigenvalue weighted by Gasteiger charge is -2.35. The second-order valence-corrected chi connectivity index (χ2v) is 9.65. The fraction of sp³-hybridized carbons (Fsp3) is 0.286. The maximum absolute atomic E-state index is 13.1. The summed E-state index contributed by atoms with van der Waals surface area (Å²) in [5.41, 5.74) is 3.60. The average molecular weight is 408 g/mol. The predicted molar refractivity (Wildman–Crippen MR) is 107 cm³/mol. The van der Waals surface area contributed by atoms with Crippen LogP contribution in [0.3, 0.4) is 0 Å². The van der Waals surface area contributed by atoms with E-state index in [9.17, 15) is 13.2 Å². The van der Waals surface area contributed by atoms with E-state index in [-0.39, 0.29) is 22.9 Å². The van der Waals surface area contributed by atoms with Gasteiger partial charge in [0.05, 0.1) is 34.1 Å². The van der Waals surface area contributed by atoms with Crippen LogP contribution in [0.5, 0.6) is 0 Å². The van der Waals surface area contributed by atoms with Crippen LogP contribution in [0.2, 0.25) is 0 Å². The van der Waals surface area contributed by atoms with Crippen molar-refractivity contribution in [2.75, 3.05) is 6.26 Å². The molecule has 4 heterocycles. The van der Waals surface area contributed by atoms with Crippen molar-refractivity contribution in [1.82, 2.24) is 19.7 Å². The van der Waals surface area contributed by atoms with Gasteiger partial charge in [0.25, 0.3) is 5.91 Å². The van der Waals surface area contributed by atoms with E-state index < -0.39 is 9.84 Å². The van der Waals surface area contributed by atoms with Gasteiger partial charge >= 0.3 is 0 Å². The molecule has 29 heavy (non-hydrogen) atoms. The van der Waals surface area contributed by atoms with E-state index in [0.29, 0.717) is 5.56 Å². The highest BCUT2D eigenvalue weighted by atomic mass is 32.2. The Balaban J connectivity index is 1.49. The second kappa shape index (κ2) is 6.52. The van der Waals surface area contributed by atoms with Gasteiger partial charge in [-0.15, -0.1) is 0 Å². The zero-order valence-corrected chi connectivity index (χ0v) is 16.7. The molecule has 3 aromatic rings. The van der Waals surface area contributed by atoms with Gasteiger partial charge in [-0.05, 0) is 49.2 Å². The molecule has 1 fully saturated rings. The summed E-state index contributed by atoms with van der Waals surface area (Å²) in [6.07, 6.45) is 8.92. The zero-order chi connectivity index (χ0) is 20.2. The highest BCUT2D eigenvalue weighted by molar-refractivity contribution is 7.90. The molecule has 0 radical (unpaired) electrons. The molecule has 1 saturated heterocycles. The molecule has 0 spiro atoms. The van der Waals surface area contributed by atoms with Crippen molar-refractivity contribution in [2.24, 2.45) is 0 Å². The molecule has 1 amide bonds. The fourth-order valence-electron chi connectivity index (χ4n) is 4.48. The number of aromatic nitrogens is 3. The number of benzene rings is 1. The maximum Gasteiger partial charge on any atom is 0.256 e. The van der Waals surface area contributed by atoms with E-state index in [0.717, 1.165) is 36.2 Å². The summed E-state index contributed by atoms with van der Waals surface area (Å²) in [5, 5.41) is 4.56. The zero-order valence-electron chi connectivity index (χ0n) is 15.9. The van der Waals surface area contributed by atoms with Gasteiger partial charge in [0.2, 0.25) is 0 Å². The molecule has 0 saturated carbocycles. The van der Waals surface area contributed by atoms with Crippen LogP contribution in [0.4, 0.5) is 0 Å². The van der Waals surface area contributed by atoms with E-state index in [1.807, 2.05) is 15.8 Å². The Hall–Kier alpha value is -3.00. The van der Waals surface area contributed by atoms with Crippen molar-refractivity contribution < 1.29 is 13.2 Å². The van der Waals surface area contributed by atoms with E-state index in [1.54, 1.807) is 48.8 Å². The first-order valence-electron chi connectivity index (χ1n) is 9.53. The first-order chi connectivity index (χ1) is 13.9. The van der Waals surface area contributed by atoms with E-state index in [1.165, 1.54) is 6.26 Å². The van der Waals surface area contributed by atoms with Crippen LogP contribution in [0.25, 0.3) is 5.69 Å². The summed E-state index contributed by atoms with van der Waals surface area (Å²) >= 11 is 0. The van der Waals surface area contributed by atoms with Gasteiger partial charge < -0.3 is 4.90 Å². The number of sulfone groups is 1. The Morgan fingerprint density at radius 3 is 2.59 bits per heavy atom. The van der Waals surface area contributed by atoms with Crippen molar-refractivity contribution in [1.29, 1.82) is 0 Å². The van der Waals surface area contributed by atoms with Crippen LogP contribution in [0.15, 0.2) is 59.9 Å². The lowest BCUT2D eigenvalue weighted by molar-refractivity contribution is 0.0644. The van der Waals surface area contributed by atoms with Crippen LogP contribution in [0.1, 0.15) is 40.5 Å². The molecule has 2 bridgehead atoms. The summed E-state index contributed by atoms with van der Waals surface area (Å²) < 4.78 is 25.3. The molecule has 7 nitrogen and oxygen atoms in total. The molecule has 0 N–H and O–H groups in total. The molecule has 2 aromatic heterocycles. The van der Waals surface area contributed by atoms with Gasteiger partial charge in [-0.1, -0.05) is 0 Å². The fourth-order valence-corrected chi connectivity index (χ4v) is 5.11. The second-order valence-electron chi connectivity index (χ2n) is 7.63. The van der Waals surface area contributed by atoms with E-state index >= 15 is 0 Å². The average Bonchev–Trinajstić information content (AvgIpc) is 3.28. The van der Waals surface area contributed by atoms with E-state index in [2.05, 4.69) is 10.1 Å². The highest BCUT2D eigenvalue weighted by Crippen LogP contribution is 2.44. The van der Waals surface area contributed by atoms with Gasteiger partial charge in [0.15, 0.2) is 9.84 Å².